The van der Waals surface area contributed by atoms with E-state index in [2.05, 4.69) is 26.3 Å². The molecule has 0 amide bonds. The van der Waals surface area contributed by atoms with Crippen LogP contribution in [0.4, 0.5) is 5.69 Å². The molecule has 0 atom stereocenters. The number of nitrogens with one attached hydrogen (secondary N) is 1. The lowest BCUT2D eigenvalue weighted by Crippen LogP contribution is -2.24. The lowest BCUT2D eigenvalue weighted by atomic mass is 10.1. The van der Waals surface area contributed by atoms with E-state index in [1.54, 1.807) is 6.20 Å². The fourth-order valence-electron chi connectivity index (χ4n) is 1.99. The molecular formula is C15H18BrN3O2. The van der Waals surface area contributed by atoms with Crippen molar-refractivity contribution in [3.05, 3.63) is 56.4 Å². The van der Waals surface area contributed by atoms with Crippen molar-refractivity contribution < 1.29 is 5.11 Å². The normalized spacial score (nSPS) is 10.6. The molecule has 0 unspecified atom stereocenters. The number of hydrogen-bond donors (Lipinski definition) is 2. The molecule has 0 radical (unpaired) electrons. The first-order chi connectivity index (χ1) is 10.2. The zero-order chi connectivity index (χ0) is 15.2. The van der Waals surface area contributed by atoms with E-state index in [0.29, 0.717) is 23.2 Å². The van der Waals surface area contributed by atoms with Crippen LogP contribution in [0.15, 0.2) is 39.7 Å². The van der Waals surface area contributed by atoms with Crippen molar-refractivity contribution in [3.8, 4) is 0 Å². The number of halogens is 1. The maximum Gasteiger partial charge on any atom is 0.283 e. The SMILES string of the molecule is CCCn1ncc(NCc2cccc(CO)c2)c(Br)c1=O. The van der Waals surface area contributed by atoms with E-state index in [-0.39, 0.29) is 12.2 Å². The zero-order valence-electron chi connectivity index (χ0n) is 11.8. The minimum atomic E-state index is -0.133. The average Bonchev–Trinajstić information content (AvgIpc) is 2.51. The summed E-state index contributed by atoms with van der Waals surface area (Å²) in [7, 11) is 0. The zero-order valence-corrected chi connectivity index (χ0v) is 13.4. The van der Waals surface area contributed by atoms with E-state index in [9.17, 15) is 4.79 Å². The molecule has 0 aliphatic carbocycles. The van der Waals surface area contributed by atoms with Gasteiger partial charge in [-0.2, -0.15) is 5.10 Å². The van der Waals surface area contributed by atoms with Gasteiger partial charge < -0.3 is 10.4 Å². The Bertz CT molecular complexity index is 670. The number of anilines is 1. The summed E-state index contributed by atoms with van der Waals surface area (Å²) in [6.45, 7) is 3.19. The maximum absolute atomic E-state index is 12.1. The molecule has 21 heavy (non-hydrogen) atoms. The highest BCUT2D eigenvalue weighted by atomic mass is 79.9. The predicted molar refractivity (Wildman–Crippen MR) is 86.2 cm³/mol. The second-order valence-electron chi connectivity index (χ2n) is 4.73. The van der Waals surface area contributed by atoms with E-state index >= 15 is 0 Å². The summed E-state index contributed by atoms with van der Waals surface area (Å²) in [5, 5.41) is 16.5. The number of aromatic nitrogens is 2. The smallest absolute Gasteiger partial charge is 0.283 e. The largest absolute Gasteiger partial charge is 0.392 e. The Morgan fingerprint density at radius 2 is 2.14 bits per heavy atom. The molecule has 0 saturated heterocycles. The Labute approximate surface area is 131 Å². The number of benzene rings is 1. The Morgan fingerprint density at radius 3 is 2.86 bits per heavy atom. The highest BCUT2D eigenvalue weighted by molar-refractivity contribution is 9.10. The molecule has 1 aromatic heterocycles. The van der Waals surface area contributed by atoms with Crippen LogP contribution in [0.3, 0.4) is 0 Å². The minimum Gasteiger partial charge on any atom is -0.392 e. The molecule has 0 saturated carbocycles. The van der Waals surface area contributed by atoms with Crippen LogP contribution in [0.1, 0.15) is 24.5 Å². The number of aliphatic hydroxyl groups is 1. The van der Waals surface area contributed by atoms with Crippen LogP contribution in [-0.4, -0.2) is 14.9 Å². The third kappa shape index (κ3) is 3.92. The van der Waals surface area contributed by atoms with E-state index in [1.807, 2.05) is 31.2 Å². The van der Waals surface area contributed by atoms with Gasteiger partial charge in [-0.05, 0) is 33.5 Å². The minimum absolute atomic E-state index is 0.0200. The van der Waals surface area contributed by atoms with Crippen LogP contribution < -0.4 is 10.9 Å². The van der Waals surface area contributed by atoms with E-state index in [0.717, 1.165) is 17.5 Å². The molecule has 0 bridgehead atoms. The average molecular weight is 352 g/mol. The van der Waals surface area contributed by atoms with Crippen LogP contribution in [0.2, 0.25) is 0 Å². The molecular weight excluding hydrogens is 334 g/mol. The second kappa shape index (κ2) is 7.38. The predicted octanol–water partition coefficient (Wildman–Crippen LogP) is 2.52. The van der Waals surface area contributed by atoms with Crippen LogP contribution in [0.5, 0.6) is 0 Å². The van der Waals surface area contributed by atoms with Gasteiger partial charge in [-0.1, -0.05) is 31.2 Å². The summed E-state index contributed by atoms with van der Waals surface area (Å²) in [5.74, 6) is 0. The molecule has 0 aliphatic heterocycles. The van der Waals surface area contributed by atoms with Crippen LogP contribution in [-0.2, 0) is 19.7 Å². The van der Waals surface area contributed by atoms with Gasteiger partial charge in [0, 0.05) is 13.1 Å². The number of aliphatic hydroxyl groups excluding tert-OH is 1. The first kappa shape index (κ1) is 15.7. The Balaban J connectivity index is 2.13. The molecule has 1 heterocycles. The molecule has 5 nitrogen and oxygen atoms in total. The first-order valence-electron chi connectivity index (χ1n) is 6.84. The maximum atomic E-state index is 12.1. The number of aryl methyl sites for hydroxylation is 1. The van der Waals surface area contributed by atoms with Gasteiger partial charge in [0.15, 0.2) is 0 Å². The summed E-state index contributed by atoms with van der Waals surface area (Å²) in [4.78, 5) is 12.1. The molecule has 6 heteroatoms. The number of nitrogens with zero attached hydrogens (tertiary/aromatic N) is 2. The van der Waals surface area contributed by atoms with Crippen LogP contribution in [0, 0.1) is 0 Å². The Hall–Kier alpha value is -1.66. The van der Waals surface area contributed by atoms with Crippen molar-refractivity contribution >= 4 is 21.6 Å². The number of rotatable bonds is 6. The molecule has 112 valence electrons. The molecule has 2 N–H and O–H groups in total. The topological polar surface area (TPSA) is 67.2 Å². The standard InChI is InChI=1S/C15H18BrN3O2/c1-2-6-19-15(21)14(16)13(9-18-19)17-8-11-4-3-5-12(7-11)10-20/h3-5,7,9,17,20H,2,6,8,10H2,1H3. The molecule has 2 rings (SSSR count). The van der Waals surface area contributed by atoms with Crippen molar-refractivity contribution in [2.24, 2.45) is 0 Å². The van der Waals surface area contributed by atoms with Gasteiger partial charge in [0.25, 0.3) is 5.56 Å². The highest BCUT2D eigenvalue weighted by Gasteiger charge is 2.08. The van der Waals surface area contributed by atoms with Crippen molar-refractivity contribution in [3.63, 3.8) is 0 Å². The summed E-state index contributed by atoms with van der Waals surface area (Å²) in [6.07, 6.45) is 2.51. The van der Waals surface area contributed by atoms with E-state index in [1.165, 1.54) is 4.68 Å². The van der Waals surface area contributed by atoms with Gasteiger partial charge in [-0.15, -0.1) is 0 Å². The van der Waals surface area contributed by atoms with Crippen LogP contribution in [0.25, 0.3) is 0 Å². The summed E-state index contributed by atoms with van der Waals surface area (Å²) < 4.78 is 1.94. The van der Waals surface area contributed by atoms with E-state index in [4.69, 9.17) is 5.11 Å². The monoisotopic (exact) mass is 351 g/mol. The van der Waals surface area contributed by atoms with Gasteiger partial charge in [-0.25, -0.2) is 4.68 Å². The van der Waals surface area contributed by atoms with Crippen LogP contribution >= 0.6 is 15.9 Å². The van der Waals surface area contributed by atoms with Gasteiger partial charge >= 0.3 is 0 Å². The fraction of sp³-hybridized carbons (Fsp3) is 0.333. The Kier molecular flexibility index (Phi) is 5.52. The van der Waals surface area contributed by atoms with Crippen molar-refractivity contribution in [1.82, 2.24) is 9.78 Å². The lowest BCUT2D eigenvalue weighted by molar-refractivity contribution is 0.281. The molecule has 1 aromatic carbocycles. The molecule has 0 spiro atoms. The molecule has 0 fully saturated rings. The second-order valence-corrected chi connectivity index (χ2v) is 5.53. The van der Waals surface area contributed by atoms with Gasteiger partial charge in [0.1, 0.15) is 4.47 Å². The van der Waals surface area contributed by atoms with Crippen molar-refractivity contribution in [1.29, 1.82) is 0 Å². The Morgan fingerprint density at radius 1 is 1.38 bits per heavy atom. The summed E-state index contributed by atoms with van der Waals surface area (Å²) in [6, 6.07) is 7.65. The highest BCUT2D eigenvalue weighted by Crippen LogP contribution is 2.17. The number of hydrogen-bond acceptors (Lipinski definition) is 4. The molecule has 2 aromatic rings. The van der Waals surface area contributed by atoms with Crippen molar-refractivity contribution in [2.45, 2.75) is 33.0 Å². The summed E-state index contributed by atoms with van der Waals surface area (Å²) >= 11 is 3.33. The fourth-order valence-corrected chi connectivity index (χ4v) is 2.44. The first-order valence-corrected chi connectivity index (χ1v) is 7.63. The molecule has 0 aliphatic rings. The third-order valence-corrected chi connectivity index (χ3v) is 3.84. The quantitative estimate of drug-likeness (QED) is 0.839. The lowest BCUT2D eigenvalue weighted by Gasteiger charge is -2.10. The van der Waals surface area contributed by atoms with Gasteiger partial charge in [0.05, 0.1) is 18.5 Å². The van der Waals surface area contributed by atoms with Gasteiger partial charge in [-0.3, -0.25) is 4.79 Å². The van der Waals surface area contributed by atoms with E-state index < -0.39 is 0 Å². The van der Waals surface area contributed by atoms with Crippen molar-refractivity contribution in [2.75, 3.05) is 5.32 Å². The third-order valence-electron chi connectivity index (χ3n) is 3.08. The van der Waals surface area contributed by atoms with Gasteiger partial charge in [0.2, 0.25) is 0 Å². The summed E-state index contributed by atoms with van der Waals surface area (Å²) in [5.41, 5.74) is 2.43.